The maximum Gasteiger partial charge on any atom is 0.122 e. The third-order valence-electron chi connectivity index (χ3n) is 2.85. The second-order valence-corrected chi connectivity index (χ2v) is 3.71. The zero-order valence-corrected chi connectivity index (χ0v) is 7.78. The molecule has 0 N–H and O–H groups in total. The van der Waals surface area contributed by atoms with E-state index in [1.807, 2.05) is 0 Å². The average molecular weight is 177 g/mol. The zero-order valence-electron chi connectivity index (χ0n) is 7.78. The summed E-state index contributed by atoms with van der Waals surface area (Å²) in [5, 5.41) is 0. The van der Waals surface area contributed by atoms with E-state index in [1.54, 1.807) is 0 Å². The van der Waals surface area contributed by atoms with E-state index in [0.717, 1.165) is 12.7 Å². The van der Waals surface area contributed by atoms with Gasteiger partial charge in [-0.15, -0.1) is 0 Å². The predicted molar refractivity (Wildman–Crippen MR) is 51.7 cm³/mol. The smallest absolute Gasteiger partial charge is 0.122 e. The number of hydrogen-bond donors (Lipinski definition) is 0. The van der Waals surface area contributed by atoms with E-state index in [2.05, 4.69) is 22.9 Å². The molecule has 2 nitrogen and oxygen atoms in total. The van der Waals surface area contributed by atoms with E-state index in [1.165, 1.54) is 25.0 Å². The molecule has 0 aromatic carbocycles. The highest BCUT2D eigenvalue weighted by Gasteiger charge is 2.15. The zero-order chi connectivity index (χ0) is 9.10. The lowest BCUT2D eigenvalue weighted by atomic mass is 10.1. The molecule has 0 fully saturated rings. The highest BCUT2D eigenvalue weighted by atomic mass is 16.1. The first kappa shape index (κ1) is 8.54. The molecule has 0 saturated heterocycles. The molecular weight excluding hydrogens is 162 g/mol. The van der Waals surface area contributed by atoms with E-state index in [9.17, 15) is 4.79 Å². The van der Waals surface area contributed by atoms with E-state index in [0.29, 0.717) is 12.5 Å². The molecule has 0 aliphatic carbocycles. The maximum absolute atomic E-state index is 10.5. The lowest BCUT2D eigenvalue weighted by Gasteiger charge is -2.15. The molecule has 1 aliphatic rings. The van der Waals surface area contributed by atoms with Gasteiger partial charge in [0, 0.05) is 24.4 Å². The van der Waals surface area contributed by atoms with Gasteiger partial charge in [0.25, 0.3) is 0 Å². The topological polar surface area (TPSA) is 22.0 Å². The molecule has 0 saturated carbocycles. The second kappa shape index (κ2) is 3.77. The fourth-order valence-corrected chi connectivity index (χ4v) is 2.16. The summed E-state index contributed by atoms with van der Waals surface area (Å²) >= 11 is 0. The Morgan fingerprint density at radius 1 is 1.54 bits per heavy atom. The molecule has 1 aromatic rings. The average Bonchev–Trinajstić information content (AvgIpc) is 2.52. The Labute approximate surface area is 78.6 Å². The second-order valence-electron chi connectivity index (χ2n) is 3.71. The van der Waals surface area contributed by atoms with Gasteiger partial charge in [0.15, 0.2) is 0 Å². The third kappa shape index (κ3) is 1.67. The predicted octanol–water partition coefficient (Wildman–Crippen LogP) is 2.34. The number of carbonyl (C=O) groups is 1. The quantitative estimate of drug-likeness (QED) is 0.635. The number of aldehydes is 1. The molecule has 2 heterocycles. The Hall–Kier alpha value is -1.05. The molecule has 0 amide bonds. The van der Waals surface area contributed by atoms with E-state index in [4.69, 9.17) is 0 Å². The molecule has 70 valence electrons. The summed E-state index contributed by atoms with van der Waals surface area (Å²) in [6.07, 6.45) is 8.65. The van der Waals surface area contributed by atoms with Gasteiger partial charge in [0.05, 0.1) is 0 Å². The van der Waals surface area contributed by atoms with E-state index < -0.39 is 0 Å². The first-order valence-electron chi connectivity index (χ1n) is 5.01. The monoisotopic (exact) mass is 177 g/mol. The first-order chi connectivity index (χ1) is 6.42. The number of carbonyl (C=O) groups excluding carboxylic acids is 1. The van der Waals surface area contributed by atoms with Gasteiger partial charge in [-0.25, -0.2) is 0 Å². The van der Waals surface area contributed by atoms with Crippen molar-refractivity contribution in [1.82, 2.24) is 4.57 Å². The van der Waals surface area contributed by atoms with Gasteiger partial charge in [-0.05, 0) is 31.4 Å². The van der Waals surface area contributed by atoms with Gasteiger partial charge in [-0.1, -0.05) is 6.42 Å². The molecule has 13 heavy (non-hydrogen) atoms. The maximum atomic E-state index is 10.5. The largest absolute Gasteiger partial charge is 0.348 e. The molecule has 1 atom stereocenters. The summed E-state index contributed by atoms with van der Waals surface area (Å²) in [5.74, 6) is 0. The van der Waals surface area contributed by atoms with E-state index >= 15 is 0 Å². The van der Waals surface area contributed by atoms with Crippen molar-refractivity contribution in [2.24, 2.45) is 0 Å². The third-order valence-corrected chi connectivity index (χ3v) is 2.85. The van der Waals surface area contributed by atoms with Crippen LogP contribution in [0.2, 0.25) is 0 Å². The Kier molecular flexibility index (Phi) is 2.48. The van der Waals surface area contributed by atoms with Crippen LogP contribution in [0.3, 0.4) is 0 Å². The number of aromatic nitrogens is 1. The summed E-state index contributed by atoms with van der Waals surface area (Å²) in [7, 11) is 0. The normalized spacial score (nSPS) is 22.0. The summed E-state index contributed by atoms with van der Waals surface area (Å²) in [6, 6.07) is 4.67. The van der Waals surface area contributed by atoms with Crippen molar-refractivity contribution in [3.05, 3.63) is 24.0 Å². The van der Waals surface area contributed by atoms with Crippen LogP contribution in [0, 0.1) is 0 Å². The fourth-order valence-electron chi connectivity index (χ4n) is 2.16. The molecule has 2 rings (SSSR count). The van der Waals surface area contributed by atoms with Crippen LogP contribution >= 0.6 is 0 Å². The van der Waals surface area contributed by atoms with Crippen molar-refractivity contribution in [3.8, 4) is 0 Å². The summed E-state index contributed by atoms with van der Waals surface area (Å²) in [5.41, 5.74) is 1.39. The standard InChI is InChI=1S/C11H15NO/c13-9-7-11-5-2-1-4-10-6-3-8-12(10)11/h3,6,8-9,11H,1-2,4-5,7H2/t11-/m1/s1. The van der Waals surface area contributed by atoms with Gasteiger partial charge in [0.1, 0.15) is 6.29 Å². The number of rotatable bonds is 2. The minimum atomic E-state index is 0.421. The van der Waals surface area contributed by atoms with Gasteiger partial charge in [-0.3, -0.25) is 0 Å². The van der Waals surface area contributed by atoms with Crippen LogP contribution in [-0.2, 0) is 11.2 Å². The van der Waals surface area contributed by atoms with Crippen molar-refractivity contribution in [2.75, 3.05) is 0 Å². The molecule has 2 heteroatoms. The molecular formula is C11H15NO. The minimum absolute atomic E-state index is 0.421. The van der Waals surface area contributed by atoms with Gasteiger partial charge in [0.2, 0.25) is 0 Å². The minimum Gasteiger partial charge on any atom is -0.348 e. The van der Waals surface area contributed by atoms with Crippen LogP contribution in [-0.4, -0.2) is 10.9 Å². The fraction of sp³-hybridized carbons (Fsp3) is 0.545. The number of nitrogens with zero attached hydrogens (tertiary/aromatic N) is 1. The van der Waals surface area contributed by atoms with Crippen molar-refractivity contribution >= 4 is 6.29 Å². The highest BCUT2D eigenvalue weighted by molar-refractivity contribution is 5.50. The SMILES string of the molecule is O=CC[C@H]1CCCCc2cccn21. The summed E-state index contributed by atoms with van der Waals surface area (Å²) in [6.45, 7) is 0. The lowest BCUT2D eigenvalue weighted by Crippen LogP contribution is -2.08. The Morgan fingerprint density at radius 3 is 3.31 bits per heavy atom. The Morgan fingerprint density at radius 2 is 2.46 bits per heavy atom. The molecule has 0 unspecified atom stereocenters. The number of aryl methyl sites for hydroxylation is 1. The van der Waals surface area contributed by atoms with Crippen molar-refractivity contribution in [3.63, 3.8) is 0 Å². The molecule has 0 bridgehead atoms. The molecule has 0 spiro atoms. The van der Waals surface area contributed by atoms with Crippen LogP contribution in [0.5, 0.6) is 0 Å². The summed E-state index contributed by atoms with van der Waals surface area (Å²) < 4.78 is 2.28. The van der Waals surface area contributed by atoms with Crippen molar-refractivity contribution in [1.29, 1.82) is 0 Å². The van der Waals surface area contributed by atoms with E-state index in [-0.39, 0.29) is 0 Å². The highest BCUT2D eigenvalue weighted by Crippen LogP contribution is 2.25. The molecule has 0 radical (unpaired) electrons. The van der Waals surface area contributed by atoms with Crippen molar-refractivity contribution < 1.29 is 4.79 Å². The Balaban J connectivity index is 2.25. The van der Waals surface area contributed by atoms with Gasteiger partial charge in [-0.2, -0.15) is 0 Å². The number of fused-ring (bicyclic) bond motifs is 1. The van der Waals surface area contributed by atoms with Crippen LogP contribution in [0.25, 0.3) is 0 Å². The van der Waals surface area contributed by atoms with Crippen LogP contribution < -0.4 is 0 Å². The molecule has 1 aromatic heterocycles. The summed E-state index contributed by atoms with van der Waals surface area (Å²) in [4.78, 5) is 10.5. The van der Waals surface area contributed by atoms with Gasteiger partial charge >= 0.3 is 0 Å². The van der Waals surface area contributed by atoms with Gasteiger partial charge < -0.3 is 9.36 Å². The number of hydrogen-bond acceptors (Lipinski definition) is 1. The van der Waals surface area contributed by atoms with Crippen molar-refractivity contribution in [2.45, 2.75) is 38.1 Å². The van der Waals surface area contributed by atoms with Crippen LogP contribution in [0.1, 0.15) is 37.4 Å². The lowest BCUT2D eigenvalue weighted by molar-refractivity contribution is -0.108. The van der Waals surface area contributed by atoms with Crippen LogP contribution in [0.15, 0.2) is 18.3 Å². The first-order valence-corrected chi connectivity index (χ1v) is 5.01. The van der Waals surface area contributed by atoms with Crippen LogP contribution in [0.4, 0.5) is 0 Å². The Bertz CT molecular complexity index is 290. The molecule has 1 aliphatic heterocycles.